The lowest BCUT2D eigenvalue weighted by Crippen LogP contribution is -2.11. The number of aromatic nitrogens is 1. The summed E-state index contributed by atoms with van der Waals surface area (Å²) in [5, 5.41) is 3.43. The van der Waals surface area contributed by atoms with Crippen molar-refractivity contribution in [1.29, 1.82) is 0 Å². The van der Waals surface area contributed by atoms with E-state index in [0.29, 0.717) is 16.4 Å². The lowest BCUT2D eigenvalue weighted by Gasteiger charge is -2.03. The quantitative estimate of drug-likeness (QED) is 0.798. The van der Waals surface area contributed by atoms with E-state index in [4.69, 9.17) is 4.74 Å². The third-order valence-corrected chi connectivity index (χ3v) is 4.03. The number of ether oxygens (including phenoxy) is 1. The monoisotopic (exact) mass is 298 g/mol. The van der Waals surface area contributed by atoms with Crippen molar-refractivity contribution in [2.75, 3.05) is 12.4 Å². The zero-order valence-electron chi connectivity index (χ0n) is 11.7. The average Bonchev–Trinajstić information content (AvgIpc) is 2.88. The molecule has 3 rings (SSSR count). The lowest BCUT2D eigenvalue weighted by molar-refractivity contribution is 0.102. The Hall–Kier alpha value is -2.40. The summed E-state index contributed by atoms with van der Waals surface area (Å²) in [5.74, 6) is 0.465. The second-order valence-electron chi connectivity index (χ2n) is 4.68. The molecule has 3 aromatic rings. The fourth-order valence-electron chi connectivity index (χ4n) is 2.02. The number of thiazole rings is 1. The topological polar surface area (TPSA) is 51.2 Å². The number of benzene rings is 2. The summed E-state index contributed by atoms with van der Waals surface area (Å²) < 4.78 is 6.19. The van der Waals surface area contributed by atoms with Crippen molar-refractivity contribution in [1.82, 2.24) is 4.98 Å². The van der Waals surface area contributed by atoms with Gasteiger partial charge in [-0.1, -0.05) is 23.5 Å². The summed E-state index contributed by atoms with van der Waals surface area (Å²) in [6.45, 7) is 2.04. The van der Waals surface area contributed by atoms with Crippen molar-refractivity contribution >= 4 is 32.6 Å². The fraction of sp³-hybridized carbons (Fsp3) is 0.125. The van der Waals surface area contributed by atoms with Gasteiger partial charge < -0.3 is 4.74 Å². The average molecular weight is 298 g/mol. The first kappa shape index (κ1) is 13.6. The van der Waals surface area contributed by atoms with Crippen molar-refractivity contribution in [3.8, 4) is 5.75 Å². The van der Waals surface area contributed by atoms with Crippen LogP contribution in [0.5, 0.6) is 5.75 Å². The minimum atomic E-state index is -0.190. The summed E-state index contributed by atoms with van der Waals surface area (Å²) in [5.41, 5.74) is 2.62. The summed E-state index contributed by atoms with van der Waals surface area (Å²) in [6.07, 6.45) is 0. The van der Waals surface area contributed by atoms with Gasteiger partial charge >= 0.3 is 0 Å². The molecule has 0 bridgehead atoms. The molecule has 4 nitrogen and oxygen atoms in total. The number of rotatable bonds is 3. The highest BCUT2D eigenvalue weighted by atomic mass is 32.1. The molecule has 21 heavy (non-hydrogen) atoms. The van der Waals surface area contributed by atoms with E-state index in [2.05, 4.69) is 16.4 Å². The number of hydrogen-bond acceptors (Lipinski definition) is 4. The molecule has 106 valence electrons. The fourth-order valence-corrected chi connectivity index (χ4v) is 2.98. The molecular formula is C16H14N2O2S. The van der Waals surface area contributed by atoms with Gasteiger partial charge in [-0.25, -0.2) is 4.98 Å². The van der Waals surface area contributed by atoms with Crippen molar-refractivity contribution < 1.29 is 9.53 Å². The second kappa shape index (κ2) is 5.54. The maximum absolute atomic E-state index is 12.2. The third kappa shape index (κ3) is 2.87. The highest BCUT2D eigenvalue weighted by molar-refractivity contribution is 7.22. The molecule has 0 saturated carbocycles. The second-order valence-corrected chi connectivity index (χ2v) is 5.71. The van der Waals surface area contributed by atoms with Crippen molar-refractivity contribution in [2.45, 2.75) is 6.92 Å². The van der Waals surface area contributed by atoms with Crippen LogP contribution >= 0.6 is 11.3 Å². The van der Waals surface area contributed by atoms with E-state index < -0.39 is 0 Å². The number of aryl methyl sites for hydroxylation is 1. The summed E-state index contributed by atoms with van der Waals surface area (Å²) in [7, 11) is 1.58. The van der Waals surface area contributed by atoms with Gasteiger partial charge in [-0.05, 0) is 42.8 Å². The molecule has 5 heteroatoms. The molecule has 0 radical (unpaired) electrons. The Balaban J connectivity index is 1.85. The molecule has 0 aliphatic carbocycles. The van der Waals surface area contributed by atoms with Crippen molar-refractivity contribution in [3.63, 3.8) is 0 Å². The molecule has 1 amide bonds. The van der Waals surface area contributed by atoms with Gasteiger partial charge in [0.15, 0.2) is 5.13 Å². The first-order chi connectivity index (χ1) is 10.2. The molecular weight excluding hydrogens is 284 g/mol. The Morgan fingerprint density at radius 3 is 2.90 bits per heavy atom. The predicted molar refractivity (Wildman–Crippen MR) is 85.3 cm³/mol. The van der Waals surface area contributed by atoms with Gasteiger partial charge in [0.2, 0.25) is 0 Å². The van der Waals surface area contributed by atoms with Gasteiger partial charge in [-0.15, -0.1) is 0 Å². The van der Waals surface area contributed by atoms with Crippen LogP contribution in [0.15, 0.2) is 42.5 Å². The largest absolute Gasteiger partial charge is 0.497 e. The zero-order valence-corrected chi connectivity index (χ0v) is 12.5. The molecule has 1 heterocycles. The first-order valence-electron chi connectivity index (χ1n) is 6.48. The SMILES string of the molecule is COc1cccc(C(=O)Nc2nc3ccc(C)cc3s2)c1. The highest BCUT2D eigenvalue weighted by Crippen LogP contribution is 2.27. The summed E-state index contributed by atoms with van der Waals surface area (Å²) >= 11 is 1.47. The van der Waals surface area contributed by atoms with Crippen LogP contribution in [-0.2, 0) is 0 Å². The van der Waals surface area contributed by atoms with Crippen LogP contribution in [0, 0.1) is 6.92 Å². The van der Waals surface area contributed by atoms with Crippen LogP contribution in [0.4, 0.5) is 5.13 Å². The molecule has 0 aliphatic rings. The molecule has 0 fully saturated rings. The third-order valence-electron chi connectivity index (χ3n) is 3.10. The van der Waals surface area contributed by atoms with Crippen LogP contribution in [0.3, 0.4) is 0 Å². The van der Waals surface area contributed by atoms with E-state index in [1.807, 2.05) is 19.1 Å². The first-order valence-corrected chi connectivity index (χ1v) is 7.30. The van der Waals surface area contributed by atoms with Gasteiger partial charge in [0.05, 0.1) is 17.3 Å². The van der Waals surface area contributed by atoms with Crippen LogP contribution in [0.1, 0.15) is 15.9 Å². The molecule has 0 aliphatic heterocycles. The summed E-state index contributed by atoms with van der Waals surface area (Å²) in [4.78, 5) is 16.6. The minimum absolute atomic E-state index is 0.190. The van der Waals surface area contributed by atoms with Gasteiger partial charge in [0.1, 0.15) is 5.75 Å². The molecule has 2 aromatic carbocycles. The van der Waals surface area contributed by atoms with E-state index >= 15 is 0 Å². The lowest BCUT2D eigenvalue weighted by atomic mass is 10.2. The van der Waals surface area contributed by atoms with Gasteiger partial charge in [-0.2, -0.15) is 0 Å². The molecule has 0 saturated heterocycles. The molecule has 0 unspecified atom stereocenters. The number of nitrogens with zero attached hydrogens (tertiary/aromatic N) is 1. The standard InChI is InChI=1S/C16H14N2O2S/c1-10-6-7-13-14(8-10)21-16(17-13)18-15(19)11-4-3-5-12(9-11)20-2/h3-9H,1-2H3,(H,17,18,19). The Morgan fingerprint density at radius 2 is 2.10 bits per heavy atom. The number of fused-ring (bicyclic) bond motifs is 1. The number of anilines is 1. The molecule has 0 spiro atoms. The normalized spacial score (nSPS) is 10.6. The molecule has 0 atom stereocenters. The number of amides is 1. The van der Waals surface area contributed by atoms with Crippen LogP contribution in [-0.4, -0.2) is 18.0 Å². The van der Waals surface area contributed by atoms with E-state index in [1.54, 1.807) is 31.4 Å². The number of carbonyl (C=O) groups excluding carboxylic acids is 1. The Morgan fingerprint density at radius 1 is 1.24 bits per heavy atom. The predicted octanol–water partition coefficient (Wildman–Crippen LogP) is 3.87. The Bertz CT molecular complexity index is 811. The van der Waals surface area contributed by atoms with Crippen LogP contribution in [0.25, 0.3) is 10.2 Å². The number of hydrogen-bond donors (Lipinski definition) is 1. The van der Waals surface area contributed by atoms with Crippen LogP contribution in [0.2, 0.25) is 0 Å². The Kier molecular flexibility index (Phi) is 3.58. The smallest absolute Gasteiger partial charge is 0.257 e. The van der Waals surface area contributed by atoms with E-state index in [0.717, 1.165) is 10.2 Å². The van der Waals surface area contributed by atoms with E-state index in [1.165, 1.54) is 16.9 Å². The molecule has 1 aromatic heterocycles. The number of nitrogens with one attached hydrogen (secondary N) is 1. The summed E-state index contributed by atoms with van der Waals surface area (Å²) in [6, 6.07) is 13.1. The maximum Gasteiger partial charge on any atom is 0.257 e. The number of methoxy groups -OCH3 is 1. The van der Waals surface area contributed by atoms with Crippen molar-refractivity contribution in [2.24, 2.45) is 0 Å². The van der Waals surface area contributed by atoms with E-state index in [9.17, 15) is 4.79 Å². The van der Waals surface area contributed by atoms with Gasteiger partial charge in [0.25, 0.3) is 5.91 Å². The van der Waals surface area contributed by atoms with Gasteiger partial charge in [-0.3, -0.25) is 10.1 Å². The van der Waals surface area contributed by atoms with Crippen molar-refractivity contribution in [3.05, 3.63) is 53.6 Å². The zero-order chi connectivity index (χ0) is 14.8. The number of carbonyl (C=O) groups is 1. The van der Waals surface area contributed by atoms with E-state index in [-0.39, 0.29) is 5.91 Å². The minimum Gasteiger partial charge on any atom is -0.497 e. The maximum atomic E-state index is 12.2. The van der Waals surface area contributed by atoms with Gasteiger partial charge in [0, 0.05) is 5.56 Å². The highest BCUT2D eigenvalue weighted by Gasteiger charge is 2.10. The Labute approximate surface area is 126 Å². The molecule has 1 N–H and O–H groups in total. The van der Waals surface area contributed by atoms with Crippen LogP contribution < -0.4 is 10.1 Å².